The summed E-state index contributed by atoms with van der Waals surface area (Å²) in [6.07, 6.45) is -0.297. The molecule has 4 aromatic rings. The van der Waals surface area contributed by atoms with Crippen LogP contribution in [0.4, 0.5) is 15.6 Å². The number of hydrogen-bond acceptors (Lipinski definition) is 6. The molecule has 3 amide bonds. The van der Waals surface area contributed by atoms with E-state index in [1.54, 1.807) is 24.3 Å². The molecule has 10 heteroatoms. The lowest BCUT2D eigenvalue weighted by Gasteiger charge is -2.26. The second kappa shape index (κ2) is 9.81. The number of para-hydroxylation sites is 3. The highest BCUT2D eigenvalue weighted by Gasteiger charge is 2.21. The average molecular weight is 509 g/mol. The summed E-state index contributed by atoms with van der Waals surface area (Å²) in [4.78, 5) is 29.6. The van der Waals surface area contributed by atoms with Crippen molar-refractivity contribution in [2.75, 3.05) is 23.8 Å². The molecule has 1 aromatic heterocycles. The summed E-state index contributed by atoms with van der Waals surface area (Å²) >= 11 is 7.50. The van der Waals surface area contributed by atoms with Crippen LogP contribution in [0.3, 0.4) is 0 Å². The number of thiazole rings is 1. The molecule has 1 aliphatic rings. The molecule has 0 aliphatic carbocycles. The highest BCUT2D eigenvalue weighted by atomic mass is 35.5. The van der Waals surface area contributed by atoms with Gasteiger partial charge in [0.2, 0.25) is 0 Å². The number of aromatic nitrogens is 1. The number of carbonyl (C=O) groups is 2. The maximum atomic E-state index is 12.8. The van der Waals surface area contributed by atoms with Crippen molar-refractivity contribution in [1.82, 2.24) is 10.3 Å². The quantitative estimate of drug-likeness (QED) is 0.332. The largest absolute Gasteiger partial charge is 0.486 e. The van der Waals surface area contributed by atoms with Crippen LogP contribution >= 0.6 is 22.9 Å². The monoisotopic (exact) mass is 508 g/mol. The lowest BCUT2D eigenvalue weighted by molar-refractivity contribution is 0.0922. The fraction of sp³-hybridized carbons (Fsp3) is 0.160. The molecule has 178 valence electrons. The number of amides is 3. The molecular formula is C25H21ClN4O4S. The lowest BCUT2D eigenvalue weighted by Crippen LogP contribution is -2.42. The Morgan fingerprint density at radius 2 is 1.91 bits per heavy atom. The second-order valence-corrected chi connectivity index (χ2v) is 9.36. The van der Waals surface area contributed by atoms with Crippen molar-refractivity contribution in [2.45, 2.75) is 13.0 Å². The molecule has 3 aromatic carbocycles. The maximum absolute atomic E-state index is 12.8. The Bertz CT molecular complexity index is 1400. The third kappa shape index (κ3) is 5.16. The van der Waals surface area contributed by atoms with Gasteiger partial charge in [-0.15, -0.1) is 0 Å². The second-order valence-electron chi connectivity index (χ2n) is 7.92. The van der Waals surface area contributed by atoms with E-state index in [1.165, 1.54) is 11.3 Å². The zero-order valence-electron chi connectivity index (χ0n) is 18.6. The molecule has 35 heavy (non-hydrogen) atoms. The Morgan fingerprint density at radius 3 is 2.74 bits per heavy atom. The van der Waals surface area contributed by atoms with E-state index in [9.17, 15) is 9.59 Å². The van der Waals surface area contributed by atoms with E-state index in [0.29, 0.717) is 45.0 Å². The van der Waals surface area contributed by atoms with Gasteiger partial charge in [-0.25, -0.2) is 9.78 Å². The van der Waals surface area contributed by atoms with Gasteiger partial charge in [0, 0.05) is 5.56 Å². The highest BCUT2D eigenvalue weighted by Crippen LogP contribution is 2.31. The molecule has 0 bridgehead atoms. The van der Waals surface area contributed by atoms with Gasteiger partial charge in [-0.1, -0.05) is 47.2 Å². The third-order valence-electron chi connectivity index (χ3n) is 5.39. The number of rotatable bonds is 5. The van der Waals surface area contributed by atoms with Crippen molar-refractivity contribution in [3.63, 3.8) is 0 Å². The zero-order valence-corrected chi connectivity index (χ0v) is 20.2. The van der Waals surface area contributed by atoms with Crippen molar-refractivity contribution in [2.24, 2.45) is 0 Å². The summed E-state index contributed by atoms with van der Waals surface area (Å²) < 4.78 is 12.3. The van der Waals surface area contributed by atoms with E-state index < -0.39 is 6.03 Å². The number of anilines is 2. The molecule has 5 rings (SSSR count). The highest BCUT2D eigenvalue weighted by molar-refractivity contribution is 7.22. The molecule has 0 spiro atoms. The number of ether oxygens (including phenoxy) is 2. The van der Waals surface area contributed by atoms with Gasteiger partial charge in [0.25, 0.3) is 5.91 Å². The average Bonchev–Trinajstić information content (AvgIpc) is 3.26. The molecule has 0 saturated heterocycles. The van der Waals surface area contributed by atoms with Crippen LogP contribution < -0.4 is 25.4 Å². The fourth-order valence-corrected chi connectivity index (χ4v) is 4.78. The number of aryl methyl sites for hydroxylation is 1. The Balaban J connectivity index is 1.20. The van der Waals surface area contributed by atoms with Crippen molar-refractivity contribution in [3.05, 3.63) is 76.8 Å². The number of nitrogens with one attached hydrogen (secondary N) is 3. The fourth-order valence-electron chi connectivity index (χ4n) is 3.61. The summed E-state index contributed by atoms with van der Waals surface area (Å²) in [7, 11) is 0. The van der Waals surface area contributed by atoms with Crippen LogP contribution in [0, 0.1) is 6.92 Å². The van der Waals surface area contributed by atoms with Gasteiger partial charge in [-0.2, -0.15) is 0 Å². The zero-order chi connectivity index (χ0) is 24.4. The van der Waals surface area contributed by atoms with Crippen LogP contribution in [0.5, 0.6) is 11.5 Å². The number of nitrogens with zero attached hydrogens (tertiary/aromatic N) is 1. The molecule has 0 fully saturated rings. The van der Waals surface area contributed by atoms with E-state index in [1.807, 2.05) is 43.3 Å². The van der Waals surface area contributed by atoms with E-state index in [0.717, 1.165) is 10.3 Å². The first-order valence-electron chi connectivity index (χ1n) is 10.9. The van der Waals surface area contributed by atoms with Gasteiger partial charge in [0.15, 0.2) is 22.7 Å². The van der Waals surface area contributed by atoms with Crippen LogP contribution in [-0.4, -0.2) is 36.2 Å². The normalized spacial score (nSPS) is 14.4. The van der Waals surface area contributed by atoms with E-state index in [2.05, 4.69) is 20.9 Å². The van der Waals surface area contributed by atoms with Crippen molar-refractivity contribution in [3.8, 4) is 11.5 Å². The van der Waals surface area contributed by atoms with Crippen LogP contribution in [0.1, 0.15) is 15.9 Å². The number of fused-ring (bicyclic) bond motifs is 2. The number of halogens is 1. The summed E-state index contributed by atoms with van der Waals surface area (Å²) in [6.45, 7) is 2.50. The minimum absolute atomic E-state index is 0.275. The van der Waals surface area contributed by atoms with Crippen molar-refractivity contribution < 1.29 is 19.1 Å². The van der Waals surface area contributed by atoms with E-state index in [4.69, 9.17) is 21.1 Å². The number of hydrogen-bond donors (Lipinski definition) is 3. The van der Waals surface area contributed by atoms with E-state index in [-0.39, 0.29) is 18.6 Å². The SMILES string of the molecule is Cc1cccc(Cl)c1NC(=O)c1ccc2nc(NC(=O)NCC3COc4ccccc4O3)sc2c1. The Morgan fingerprint density at radius 1 is 1.09 bits per heavy atom. The summed E-state index contributed by atoms with van der Waals surface area (Å²) in [5, 5.41) is 9.27. The molecular weight excluding hydrogens is 488 g/mol. The van der Waals surface area contributed by atoms with Gasteiger partial charge in [0.1, 0.15) is 6.61 Å². The Kier molecular flexibility index (Phi) is 6.43. The third-order valence-corrected chi connectivity index (χ3v) is 6.64. The number of benzene rings is 3. The molecule has 0 saturated carbocycles. The number of urea groups is 1. The Labute approximate surface area is 210 Å². The molecule has 8 nitrogen and oxygen atoms in total. The van der Waals surface area contributed by atoms with Crippen LogP contribution in [0.25, 0.3) is 10.2 Å². The predicted octanol–water partition coefficient (Wildman–Crippen LogP) is 5.47. The van der Waals surface area contributed by atoms with Crippen LogP contribution in [0.2, 0.25) is 5.02 Å². The van der Waals surface area contributed by atoms with Gasteiger partial charge in [0.05, 0.1) is 27.5 Å². The van der Waals surface area contributed by atoms with E-state index >= 15 is 0 Å². The molecule has 2 heterocycles. The molecule has 1 unspecified atom stereocenters. The topological polar surface area (TPSA) is 102 Å². The Hall–Kier alpha value is -3.82. The maximum Gasteiger partial charge on any atom is 0.321 e. The molecule has 1 aliphatic heterocycles. The summed E-state index contributed by atoms with van der Waals surface area (Å²) in [6, 6.07) is 17.6. The number of carbonyl (C=O) groups excluding carboxylic acids is 2. The summed E-state index contributed by atoms with van der Waals surface area (Å²) in [5.74, 6) is 1.07. The van der Waals surface area contributed by atoms with Crippen LogP contribution in [0.15, 0.2) is 60.7 Å². The molecule has 0 radical (unpaired) electrons. The first-order valence-corrected chi connectivity index (χ1v) is 12.1. The van der Waals surface area contributed by atoms with Gasteiger partial charge in [-0.05, 0) is 48.9 Å². The smallest absolute Gasteiger partial charge is 0.321 e. The summed E-state index contributed by atoms with van der Waals surface area (Å²) in [5.41, 5.74) is 2.60. The first-order chi connectivity index (χ1) is 17.0. The lowest BCUT2D eigenvalue weighted by atomic mass is 10.1. The minimum atomic E-state index is -0.404. The molecule has 1 atom stereocenters. The molecule has 3 N–H and O–H groups in total. The van der Waals surface area contributed by atoms with Gasteiger partial charge >= 0.3 is 6.03 Å². The van der Waals surface area contributed by atoms with Crippen molar-refractivity contribution in [1.29, 1.82) is 0 Å². The van der Waals surface area contributed by atoms with Gasteiger partial charge < -0.3 is 20.1 Å². The predicted molar refractivity (Wildman–Crippen MR) is 137 cm³/mol. The minimum Gasteiger partial charge on any atom is -0.486 e. The standard InChI is InChI=1S/C25H21ClN4O4S/c1-14-5-4-6-17(26)22(14)29-23(31)15-9-10-18-21(11-15)35-25(28-18)30-24(32)27-12-16-13-33-19-7-2-3-8-20(19)34-16/h2-11,16H,12-13H2,1H3,(H,29,31)(H2,27,28,30,32). The van der Waals surface area contributed by atoms with Gasteiger partial charge in [-0.3, -0.25) is 10.1 Å². The van der Waals surface area contributed by atoms with Crippen LogP contribution in [-0.2, 0) is 0 Å². The first kappa shape index (κ1) is 22.9. The van der Waals surface area contributed by atoms with Crippen molar-refractivity contribution >= 4 is 55.9 Å².